The van der Waals surface area contributed by atoms with Crippen LogP contribution in [0.25, 0.3) is 11.0 Å². The molecule has 0 spiro atoms. The van der Waals surface area contributed by atoms with Crippen molar-refractivity contribution in [1.29, 1.82) is 0 Å². The number of benzene rings is 1. The van der Waals surface area contributed by atoms with Crippen LogP contribution in [0.2, 0.25) is 0 Å². The van der Waals surface area contributed by atoms with Gasteiger partial charge in [0.15, 0.2) is 0 Å². The van der Waals surface area contributed by atoms with Gasteiger partial charge in [0.25, 0.3) is 5.69 Å². The van der Waals surface area contributed by atoms with E-state index in [2.05, 4.69) is 31.3 Å². The van der Waals surface area contributed by atoms with E-state index in [0.29, 0.717) is 15.5 Å². The summed E-state index contributed by atoms with van der Waals surface area (Å²) in [6.07, 6.45) is 0. The largest absolute Gasteiger partial charge is 0.272 e. The molecule has 0 atom stereocenters. The van der Waals surface area contributed by atoms with Gasteiger partial charge in [-0.1, -0.05) is 0 Å². The van der Waals surface area contributed by atoms with Crippen LogP contribution in [0.4, 0.5) is 5.69 Å². The van der Waals surface area contributed by atoms with Gasteiger partial charge in [-0.2, -0.15) is 15.4 Å². The second-order valence-electron chi connectivity index (χ2n) is 2.38. The second-order valence-corrected chi connectivity index (χ2v) is 3.23. The number of fused-ring (bicyclic) bond motifs is 1. The van der Waals surface area contributed by atoms with Crippen LogP contribution >= 0.6 is 15.9 Å². The molecule has 1 heterocycles. The second kappa shape index (κ2) is 2.77. The van der Waals surface area contributed by atoms with Gasteiger partial charge in [0.1, 0.15) is 11.0 Å². The molecule has 66 valence electrons. The average molecular weight is 243 g/mol. The van der Waals surface area contributed by atoms with E-state index in [-0.39, 0.29) is 5.69 Å². The van der Waals surface area contributed by atoms with Crippen molar-refractivity contribution in [2.75, 3.05) is 0 Å². The summed E-state index contributed by atoms with van der Waals surface area (Å²) in [5, 5.41) is 20.4. The van der Waals surface area contributed by atoms with Crippen molar-refractivity contribution >= 4 is 32.7 Å². The Kier molecular flexibility index (Phi) is 1.73. The van der Waals surface area contributed by atoms with Gasteiger partial charge in [0.05, 0.1) is 9.40 Å². The van der Waals surface area contributed by atoms with E-state index in [1.165, 1.54) is 12.1 Å². The molecular formula is C6H3BrN4O2. The van der Waals surface area contributed by atoms with Crippen molar-refractivity contribution in [3.8, 4) is 0 Å². The van der Waals surface area contributed by atoms with E-state index in [1.807, 2.05) is 0 Å². The third-order valence-electron chi connectivity index (χ3n) is 1.57. The molecule has 1 N–H and O–H groups in total. The third-order valence-corrected chi connectivity index (χ3v) is 2.18. The van der Waals surface area contributed by atoms with Gasteiger partial charge in [-0.05, 0) is 15.9 Å². The smallest absolute Gasteiger partial charge is 0.258 e. The zero-order valence-electron chi connectivity index (χ0n) is 6.19. The van der Waals surface area contributed by atoms with Gasteiger partial charge in [-0.25, -0.2) is 0 Å². The lowest BCUT2D eigenvalue weighted by Crippen LogP contribution is -1.87. The lowest BCUT2D eigenvalue weighted by molar-refractivity contribution is -0.384. The fraction of sp³-hybridized carbons (Fsp3) is 0. The van der Waals surface area contributed by atoms with E-state index in [4.69, 9.17) is 0 Å². The molecule has 0 saturated heterocycles. The number of nitro benzene ring substituents is 1. The Morgan fingerprint density at radius 1 is 1.46 bits per heavy atom. The van der Waals surface area contributed by atoms with E-state index >= 15 is 0 Å². The number of aromatic amines is 1. The first-order valence-electron chi connectivity index (χ1n) is 3.33. The Morgan fingerprint density at radius 3 is 2.92 bits per heavy atom. The Hall–Kier alpha value is -1.50. The maximum absolute atomic E-state index is 10.4. The molecule has 13 heavy (non-hydrogen) atoms. The predicted octanol–water partition coefficient (Wildman–Crippen LogP) is 1.63. The highest BCUT2D eigenvalue weighted by atomic mass is 79.9. The Labute approximate surface area is 80.2 Å². The average Bonchev–Trinajstić information content (AvgIpc) is 2.51. The van der Waals surface area contributed by atoms with Crippen molar-refractivity contribution in [2.45, 2.75) is 0 Å². The van der Waals surface area contributed by atoms with Crippen LogP contribution in [0.15, 0.2) is 16.6 Å². The van der Waals surface area contributed by atoms with Crippen LogP contribution < -0.4 is 0 Å². The molecule has 1 aromatic heterocycles. The number of rotatable bonds is 1. The first-order valence-corrected chi connectivity index (χ1v) is 4.12. The van der Waals surface area contributed by atoms with Crippen molar-refractivity contribution in [1.82, 2.24) is 15.4 Å². The quantitative estimate of drug-likeness (QED) is 0.609. The number of nitrogens with one attached hydrogen (secondary N) is 1. The van der Waals surface area contributed by atoms with Gasteiger partial charge in [0, 0.05) is 12.1 Å². The minimum atomic E-state index is -0.473. The maximum atomic E-state index is 10.4. The number of hydrogen-bond donors (Lipinski definition) is 1. The molecule has 1 aromatic carbocycles. The highest BCUT2D eigenvalue weighted by Crippen LogP contribution is 2.25. The molecule has 0 unspecified atom stereocenters. The van der Waals surface area contributed by atoms with E-state index < -0.39 is 4.92 Å². The molecule has 0 amide bonds. The van der Waals surface area contributed by atoms with Crippen molar-refractivity contribution in [3.05, 3.63) is 26.7 Å². The molecule has 6 nitrogen and oxygen atoms in total. The molecular weight excluding hydrogens is 240 g/mol. The SMILES string of the molecule is O=[N+]([O-])c1cc(Br)c2n[nH]nc2c1. The van der Waals surface area contributed by atoms with E-state index in [0.717, 1.165) is 0 Å². The Balaban J connectivity index is 2.77. The van der Waals surface area contributed by atoms with Crippen LogP contribution in [0.1, 0.15) is 0 Å². The monoisotopic (exact) mass is 242 g/mol. The number of aromatic nitrogens is 3. The fourth-order valence-electron chi connectivity index (χ4n) is 1.00. The number of halogens is 1. The normalized spacial score (nSPS) is 10.5. The van der Waals surface area contributed by atoms with Crippen LogP contribution in [0.3, 0.4) is 0 Å². The highest BCUT2D eigenvalue weighted by Gasteiger charge is 2.12. The summed E-state index contributed by atoms with van der Waals surface area (Å²) < 4.78 is 0.561. The number of hydrogen-bond acceptors (Lipinski definition) is 4. The van der Waals surface area contributed by atoms with Gasteiger partial charge in [-0.15, -0.1) is 0 Å². The number of H-pyrrole nitrogens is 1. The van der Waals surface area contributed by atoms with Crippen LogP contribution in [0, 0.1) is 10.1 Å². The van der Waals surface area contributed by atoms with Gasteiger partial charge in [0.2, 0.25) is 0 Å². The zero-order chi connectivity index (χ0) is 9.42. The third kappa shape index (κ3) is 1.26. The molecule has 0 radical (unpaired) electrons. The topological polar surface area (TPSA) is 84.7 Å². The number of non-ortho nitro benzene ring substituents is 1. The van der Waals surface area contributed by atoms with Gasteiger partial charge in [-0.3, -0.25) is 10.1 Å². The zero-order valence-corrected chi connectivity index (χ0v) is 7.78. The van der Waals surface area contributed by atoms with Crippen LogP contribution in [-0.4, -0.2) is 20.3 Å². The Bertz CT molecular complexity index is 480. The Morgan fingerprint density at radius 2 is 2.23 bits per heavy atom. The van der Waals surface area contributed by atoms with Crippen LogP contribution in [-0.2, 0) is 0 Å². The minimum Gasteiger partial charge on any atom is -0.258 e. The first kappa shape index (κ1) is 8.11. The summed E-state index contributed by atoms with van der Waals surface area (Å²) in [7, 11) is 0. The molecule has 2 aromatic rings. The predicted molar refractivity (Wildman–Crippen MR) is 48.2 cm³/mol. The summed E-state index contributed by atoms with van der Waals surface area (Å²) in [5.41, 5.74) is 1.06. The summed E-state index contributed by atoms with van der Waals surface area (Å²) >= 11 is 3.17. The molecule has 0 bridgehead atoms. The van der Waals surface area contributed by atoms with Crippen LogP contribution in [0.5, 0.6) is 0 Å². The minimum absolute atomic E-state index is 0.00623. The molecule has 0 aliphatic heterocycles. The van der Waals surface area contributed by atoms with Crippen molar-refractivity contribution in [3.63, 3.8) is 0 Å². The summed E-state index contributed by atoms with van der Waals surface area (Å²) in [4.78, 5) is 9.97. The molecule has 0 aliphatic carbocycles. The van der Waals surface area contributed by atoms with Gasteiger partial charge >= 0.3 is 0 Å². The molecule has 7 heteroatoms. The molecule has 0 saturated carbocycles. The summed E-state index contributed by atoms with van der Waals surface area (Å²) in [6.45, 7) is 0. The molecule has 0 aliphatic rings. The van der Waals surface area contributed by atoms with E-state index in [1.54, 1.807) is 0 Å². The number of nitrogens with zero attached hydrogens (tertiary/aromatic N) is 3. The first-order chi connectivity index (χ1) is 6.18. The summed E-state index contributed by atoms with van der Waals surface area (Å²) in [6, 6.07) is 2.76. The molecule has 2 rings (SSSR count). The summed E-state index contributed by atoms with van der Waals surface area (Å²) in [5.74, 6) is 0. The standard InChI is InChI=1S/C6H3BrN4O2/c7-4-1-3(11(12)13)2-5-6(4)9-10-8-5/h1-2H,(H,8,9,10). The van der Waals surface area contributed by atoms with Gasteiger partial charge < -0.3 is 0 Å². The lowest BCUT2D eigenvalue weighted by atomic mass is 10.3. The molecule has 0 fully saturated rings. The highest BCUT2D eigenvalue weighted by molar-refractivity contribution is 9.10. The van der Waals surface area contributed by atoms with E-state index in [9.17, 15) is 10.1 Å². The maximum Gasteiger partial charge on any atom is 0.272 e. The lowest BCUT2D eigenvalue weighted by Gasteiger charge is -1.92. The van der Waals surface area contributed by atoms with Crippen molar-refractivity contribution < 1.29 is 4.92 Å². The fourth-order valence-corrected chi connectivity index (χ4v) is 1.53. The number of nitro groups is 1. The van der Waals surface area contributed by atoms with Crippen molar-refractivity contribution in [2.24, 2.45) is 0 Å².